The zero-order valence-electron chi connectivity index (χ0n) is 17.3. The van der Waals surface area contributed by atoms with Gasteiger partial charge in [0, 0.05) is 12.8 Å². The molecule has 29 heavy (non-hydrogen) atoms. The van der Waals surface area contributed by atoms with Gasteiger partial charge in [0.15, 0.2) is 5.82 Å². The molecule has 1 N–H and O–H groups in total. The quantitative estimate of drug-likeness (QED) is 0.533. The number of unbranched alkanes of at least 4 members (excludes halogenated alkanes) is 1. The van der Waals surface area contributed by atoms with Gasteiger partial charge in [0.1, 0.15) is 5.82 Å². The highest BCUT2D eigenvalue weighted by Gasteiger charge is 2.11. The Morgan fingerprint density at radius 2 is 1.69 bits per heavy atom. The summed E-state index contributed by atoms with van der Waals surface area (Å²) in [6.45, 7) is 5.05. The molecule has 0 bridgehead atoms. The number of hydrogen-bond donors (Lipinski definition) is 1. The molecular formula is C24H29N3O2. The molecule has 1 heterocycles. The summed E-state index contributed by atoms with van der Waals surface area (Å²) in [5.41, 5.74) is 3.46. The number of carbonyl (C=O) groups is 1. The standard InChI is InChI=1S/C24H29N3O2/c1-3-5-11-22-25-23(8-4-2)27(26-22)17-19-14-12-18(13-15-19)16-20-9-6-7-10-21(20)24(28)29/h6-7,9-10,12-15H,3-5,8,11,16-17H2,1-2H3,(H,28,29). The van der Waals surface area contributed by atoms with Gasteiger partial charge in [-0.05, 0) is 42.0 Å². The molecule has 0 atom stereocenters. The van der Waals surface area contributed by atoms with E-state index in [1.165, 1.54) is 5.56 Å². The van der Waals surface area contributed by atoms with Gasteiger partial charge in [0.2, 0.25) is 0 Å². The number of carboxylic acid groups (broad SMARTS) is 1. The lowest BCUT2D eigenvalue weighted by molar-refractivity contribution is 0.0696. The smallest absolute Gasteiger partial charge is 0.335 e. The molecule has 0 saturated carbocycles. The predicted molar refractivity (Wildman–Crippen MR) is 114 cm³/mol. The van der Waals surface area contributed by atoms with Crippen LogP contribution in [0.15, 0.2) is 48.5 Å². The van der Waals surface area contributed by atoms with E-state index in [1.807, 2.05) is 16.8 Å². The first kappa shape index (κ1) is 20.8. The third-order valence-electron chi connectivity index (χ3n) is 5.02. The van der Waals surface area contributed by atoms with E-state index >= 15 is 0 Å². The maximum absolute atomic E-state index is 11.4. The molecule has 0 amide bonds. The Kier molecular flexibility index (Phi) is 7.17. The summed E-state index contributed by atoms with van der Waals surface area (Å²) in [5, 5.41) is 14.1. The molecule has 0 radical (unpaired) electrons. The van der Waals surface area contributed by atoms with Crippen LogP contribution in [0.1, 0.15) is 71.8 Å². The first-order chi connectivity index (χ1) is 14.1. The van der Waals surface area contributed by atoms with Gasteiger partial charge < -0.3 is 5.11 Å². The zero-order valence-corrected chi connectivity index (χ0v) is 17.3. The van der Waals surface area contributed by atoms with Crippen molar-refractivity contribution in [3.63, 3.8) is 0 Å². The van der Waals surface area contributed by atoms with Gasteiger partial charge in [-0.15, -0.1) is 0 Å². The van der Waals surface area contributed by atoms with E-state index in [-0.39, 0.29) is 0 Å². The van der Waals surface area contributed by atoms with Crippen molar-refractivity contribution < 1.29 is 9.90 Å². The second kappa shape index (κ2) is 10.0. The monoisotopic (exact) mass is 391 g/mol. The van der Waals surface area contributed by atoms with Crippen molar-refractivity contribution in [2.24, 2.45) is 0 Å². The van der Waals surface area contributed by atoms with Crippen LogP contribution in [0.2, 0.25) is 0 Å². The number of carboxylic acids is 1. The minimum Gasteiger partial charge on any atom is -0.478 e. The van der Waals surface area contributed by atoms with Crippen LogP contribution in [0, 0.1) is 0 Å². The molecule has 5 heteroatoms. The van der Waals surface area contributed by atoms with Crippen molar-refractivity contribution in [2.75, 3.05) is 0 Å². The maximum atomic E-state index is 11.4. The highest BCUT2D eigenvalue weighted by Crippen LogP contribution is 2.16. The Hall–Kier alpha value is -2.95. The zero-order chi connectivity index (χ0) is 20.6. The third kappa shape index (κ3) is 5.53. The Bertz CT molecular complexity index is 945. The van der Waals surface area contributed by atoms with Crippen molar-refractivity contribution in [1.29, 1.82) is 0 Å². The summed E-state index contributed by atoms with van der Waals surface area (Å²) in [6.07, 6.45) is 5.78. The normalized spacial score (nSPS) is 11.0. The summed E-state index contributed by atoms with van der Waals surface area (Å²) in [7, 11) is 0. The number of hydrogen-bond acceptors (Lipinski definition) is 3. The van der Waals surface area contributed by atoms with Crippen molar-refractivity contribution in [1.82, 2.24) is 14.8 Å². The van der Waals surface area contributed by atoms with E-state index in [9.17, 15) is 9.90 Å². The SMILES string of the molecule is CCCCc1nc(CCC)n(Cc2ccc(Cc3ccccc3C(=O)O)cc2)n1. The fraction of sp³-hybridized carbons (Fsp3) is 0.375. The average molecular weight is 392 g/mol. The van der Waals surface area contributed by atoms with Crippen LogP contribution in [0.4, 0.5) is 0 Å². The molecule has 2 aromatic carbocycles. The van der Waals surface area contributed by atoms with Crippen LogP contribution in [0.25, 0.3) is 0 Å². The van der Waals surface area contributed by atoms with Crippen molar-refractivity contribution in [3.8, 4) is 0 Å². The van der Waals surface area contributed by atoms with Crippen LogP contribution >= 0.6 is 0 Å². The van der Waals surface area contributed by atoms with Gasteiger partial charge in [-0.25, -0.2) is 14.5 Å². The van der Waals surface area contributed by atoms with E-state index in [1.54, 1.807) is 12.1 Å². The van der Waals surface area contributed by atoms with E-state index in [4.69, 9.17) is 10.1 Å². The van der Waals surface area contributed by atoms with Gasteiger partial charge in [-0.2, -0.15) is 5.10 Å². The topological polar surface area (TPSA) is 68.0 Å². The molecule has 3 aromatic rings. The second-order valence-electron chi connectivity index (χ2n) is 7.41. The Balaban J connectivity index is 1.73. The van der Waals surface area contributed by atoms with E-state index < -0.39 is 5.97 Å². The lowest BCUT2D eigenvalue weighted by atomic mass is 9.99. The Morgan fingerprint density at radius 3 is 2.38 bits per heavy atom. The van der Waals surface area contributed by atoms with Crippen LogP contribution in [0.5, 0.6) is 0 Å². The summed E-state index contributed by atoms with van der Waals surface area (Å²) < 4.78 is 2.03. The number of aromatic nitrogens is 3. The van der Waals surface area contributed by atoms with E-state index in [0.717, 1.165) is 54.9 Å². The summed E-state index contributed by atoms with van der Waals surface area (Å²) in [4.78, 5) is 16.1. The minimum atomic E-state index is -0.884. The van der Waals surface area contributed by atoms with Gasteiger partial charge in [0.05, 0.1) is 12.1 Å². The highest BCUT2D eigenvalue weighted by molar-refractivity contribution is 5.89. The molecule has 0 fully saturated rings. The number of aryl methyl sites for hydroxylation is 2. The van der Waals surface area contributed by atoms with Crippen molar-refractivity contribution in [3.05, 3.63) is 82.4 Å². The van der Waals surface area contributed by atoms with E-state index in [2.05, 4.69) is 38.1 Å². The van der Waals surface area contributed by atoms with Gasteiger partial charge >= 0.3 is 5.97 Å². The Labute approximate surface area is 172 Å². The molecule has 0 saturated heterocycles. The fourth-order valence-corrected chi connectivity index (χ4v) is 3.44. The fourth-order valence-electron chi connectivity index (χ4n) is 3.44. The second-order valence-corrected chi connectivity index (χ2v) is 7.41. The summed E-state index contributed by atoms with van der Waals surface area (Å²) >= 11 is 0. The number of benzene rings is 2. The minimum absolute atomic E-state index is 0.364. The lowest BCUT2D eigenvalue weighted by Gasteiger charge is -2.08. The molecule has 0 aliphatic carbocycles. The number of rotatable bonds is 10. The average Bonchev–Trinajstić information content (AvgIpc) is 3.09. The Morgan fingerprint density at radius 1 is 0.966 bits per heavy atom. The molecule has 3 rings (SSSR count). The first-order valence-corrected chi connectivity index (χ1v) is 10.4. The molecule has 1 aromatic heterocycles. The van der Waals surface area contributed by atoms with Crippen molar-refractivity contribution >= 4 is 5.97 Å². The van der Waals surface area contributed by atoms with Gasteiger partial charge in [-0.3, -0.25) is 0 Å². The summed E-state index contributed by atoms with van der Waals surface area (Å²) in [6, 6.07) is 15.5. The van der Waals surface area contributed by atoms with Crippen LogP contribution < -0.4 is 0 Å². The highest BCUT2D eigenvalue weighted by atomic mass is 16.4. The van der Waals surface area contributed by atoms with Crippen LogP contribution in [0.3, 0.4) is 0 Å². The molecule has 0 unspecified atom stereocenters. The lowest BCUT2D eigenvalue weighted by Crippen LogP contribution is -2.07. The molecule has 5 nitrogen and oxygen atoms in total. The largest absolute Gasteiger partial charge is 0.478 e. The van der Waals surface area contributed by atoms with E-state index in [0.29, 0.717) is 18.5 Å². The van der Waals surface area contributed by atoms with Crippen LogP contribution in [-0.2, 0) is 25.8 Å². The molecule has 0 spiro atoms. The predicted octanol–water partition coefficient (Wildman–Crippen LogP) is 4.91. The maximum Gasteiger partial charge on any atom is 0.335 e. The van der Waals surface area contributed by atoms with Crippen molar-refractivity contribution in [2.45, 2.75) is 58.9 Å². The molecule has 0 aliphatic heterocycles. The van der Waals surface area contributed by atoms with Gasteiger partial charge in [-0.1, -0.05) is 62.7 Å². The molecular weight excluding hydrogens is 362 g/mol. The first-order valence-electron chi connectivity index (χ1n) is 10.4. The molecule has 152 valence electrons. The number of aromatic carboxylic acids is 1. The molecule has 0 aliphatic rings. The third-order valence-corrected chi connectivity index (χ3v) is 5.02. The summed E-state index contributed by atoms with van der Waals surface area (Å²) in [5.74, 6) is 1.11. The van der Waals surface area contributed by atoms with Gasteiger partial charge in [0.25, 0.3) is 0 Å². The number of nitrogens with zero attached hydrogens (tertiary/aromatic N) is 3. The van der Waals surface area contributed by atoms with Crippen LogP contribution in [-0.4, -0.2) is 25.8 Å².